The standard InChI is InChI=1S/C22H26FN3O2/c1-22(11-6-12-26(22)15-17-7-3-2-4-8-17)16-25-20(27)14-24-21(28)18-9-5-10-19(23)13-18/h2-5,7-10,13H,6,11-12,14-16H2,1H3,(H,24,28)(H,25,27)/t22-/m1/s1. The molecule has 0 spiro atoms. The SMILES string of the molecule is C[C@]1(CNC(=O)CNC(=O)c2cccc(F)c2)CCCN1Cc1ccccc1. The second-order valence-corrected chi connectivity index (χ2v) is 7.48. The fourth-order valence-electron chi connectivity index (χ4n) is 3.60. The lowest BCUT2D eigenvalue weighted by atomic mass is 9.98. The molecule has 2 N–H and O–H groups in total. The fraction of sp³-hybridized carbons (Fsp3) is 0.364. The van der Waals surface area contributed by atoms with Gasteiger partial charge in [0.2, 0.25) is 5.91 Å². The lowest BCUT2D eigenvalue weighted by Gasteiger charge is -2.35. The Balaban J connectivity index is 1.48. The molecule has 0 aromatic heterocycles. The van der Waals surface area contributed by atoms with Crippen LogP contribution in [0.3, 0.4) is 0 Å². The van der Waals surface area contributed by atoms with Gasteiger partial charge in [-0.3, -0.25) is 14.5 Å². The first kappa shape index (κ1) is 20.0. The zero-order valence-electron chi connectivity index (χ0n) is 16.1. The molecule has 1 heterocycles. The lowest BCUT2D eigenvalue weighted by molar-refractivity contribution is -0.120. The molecule has 1 fully saturated rings. The molecule has 2 aromatic carbocycles. The van der Waals surface area contributed by atoms with Crippen LogP contribution in [-0.4, -0.2) is 41.9 Å². The molecule has 3 rings (SSSR count). The number of rotatable bonds is 7. The second-order valence-electron chi connectivity index (χ2n) is 7.48. The van der Waals surface area contributed by atoms with Crippen LogP contribution in [0.1, 0.15) is 35.7 Å². The third kappa shape index (κ3) is 5.16. The summed E-state index contributed by atoms with van der Waals surface area (Å²) in [6.45, 7) is 4.40. The quantitative estimate of drug-likeness (QED) is 0.773. The average Bonchev–Trinajstić information content (AvgIpc) is 3.06. The molecule has 2 aromatic rings. The number of amides is 2. The van der Waals surface area contributed by atoms with E-state index in [0.29, 0.717) is 6.54 Å². The number of likely N-dealkylation sites (tertiary alicyclic amines) is 1. The van der Waals surface area contributed by atoms with Crippen LogP contribution in [0.2, 0.25) is 0 Å². The van der Waals surface area contributed by atoms with Gasteiger partial charge in [0.1, 0.15) is 5.82 Å². The molecule has 0 saturated carbocycles. The summed E-state index contributed by atoms with van der Waals surface area (Å²) >= 11 is 0. The van der Waals surface area contributed by atoms with Gasteiger partial charge in [-0.1, -0.05) is 36.4 Å². The zero-order valence-corrected chi connectivity index (χ0v) is 16.1. The Morgan fingerprint density at radius 3 is 2.64 bits per heavy atom. The predicted molar refractivity (Wildman–Crippen MR) is 106 cm³/mol. The number of hydrogen-bond donors (Lipinski definition) is 2. The van der Waals surface area contributed by atoms with Gasteiger partial charge in [-0.25, -0.2) is 4.39 Å². The van der Waals surface area contributed by atoms with Crippen molar-refractivity contribution in [3.05, 3.63) is 71.5 Å². The summed E-state index contributed by atoms with van der Waals surface area (Å²) in [5, 5.41) is 5.46. The Kier molecular flexibility index (Phi) is 6.41. The zero-order chi connectivity index (χ0) is 20.0. The van der Waals surface area contributed by atoms with Gasteiger partial charge >= 0.3 is 0 Å². The van der Waals surface area contributed by atoms with Crippen LogP contribution in [0.5, 0.6) is 0 Å². The van der Waals surface area contributed by atoms with Crippen LogP contribution in [-0.2, 0) is 11.3 Å². The van der Waals surface area contributed by atoms with Crippen molar-refractivity contribution in [2.75, 3.05) is 19.6 Å². The van der Waals surface area contributed by atoms with Crippen molar-refractivity contribution in [1.82, 2.24) is 15.5 Å². The van der Waals surface area contributed by atoms with Crippen LogP contribution >= 0.6 is 0 Å². The number of hydrogen-bond acceptors (Lipinski definition) is 3. The van der Waals surface area contributed by atoms with Gasteiger partial charge in [0.15, 0.2) is 0 Å². The molecule has 148 valence electrons. The van der Waals surface area contributed by atoms with E-state index < -0.39 is 11.7 Å². The second kappa shape index (κ2) is 8.97. The highest BCUT2D eigenvalue weighted by molar-refractivity contribution is 5.96. The molecule has 6 heteroatoms. The van der Waals surface area contributed by atoms with E-state index in [9.17, 15) is 14.0 Å². The molecule has 1 aliphatic rings. The van der Waals surface area contributed by atoms with Crippen molar-refractivity contribution in [2.24, 2.45) is 0 Å². The van der Waals surface area contributed by atoms with Crippen molar-refractivity contribution in [3.63, 3.8) is 0 Å². The summed E-state index contributed by atoms with van der Waals surface area (Å²) in [6, 6.07) is 15.7. The number of nitrogens with one attached hydrogen (secondary N) is 2. The summed E-state index contributed by atoms with van der Waals surface area (Å²) < 4.78 is 13.2. The van der Waals surface area contributed by atoms with Gasteiger partial charge in [-0.2, -0.15) is 0 Å². The van der Waals surface area contributed by atoms with Crippen molar-refractivity contribution in [2.45, 2.75) is 31.8 Å². The normalized spacial score (nSPS) is 19.4. The Bertz CT molecular complexity index is 828. The van der Waals surface area contributed by atoms with Crippen LogP contribution in [0.15, 0.2) is 54.6 Å². The Morgan fingerprint density at radius 1 is 1.11 bits per heavy atom. The summed E-state index contributed by atoms with van der Waals surface area (Å²) in [7, 11) is 0. The molecule has 0 radical (unpaired) electrons. The van der Waals surface area contributed by atoms with E-state index in [4.69, 9.17) is 0 Å². The highest BCUT2D eigenvalue weighted by Gasteiger charge is 2.36. The minimum Gasteiger partial charge on any atom is -0.353 e. The molecule has 2 amide bonds. The smallest absolute Gasteiger partial charge is 0.251 e. The van der Waals surface area contributed by atoms with E-state index in [2.05, 4.69) is 34.6 Å². The third-order valence-corrected chi connectivity index (χ3v) is 5.29. The van der Waals surface area contributed by atoms with Crippen LogP contribution in [0.4, 0.5) is 4.39 Å². The number of benzene rings is 2. The van der Waals surface area contributed by atoms with Crippen molar-refractivity contribution in [1.29, 1.82) is 0 Å². The van der Waals surface area contributed by atoms with E-state index >= 15 is 0 Å². The Morgan fingerprint density at radius 2 is 1.89 bits per heavy atom. The average molecular weight is 383 g/mol. The minimum atomic E-state index is -0.482. The molecule has 5 nitrogen and oxygen atoms in total. The van der Waals surface area contributed by atoms with E-state index in [1.807, 2.05) is 18.2 Å². The summed E-state index contributed by atoms with van der Waals surface area (Å²) in [6.07, 6.45) is 2.10. The first-order valence-electron chi connectivity index (χ1n) is 9.56. The van der Waals surface area contributed by atoms with Gasteiger partial charge in [0.05, 0.1) is 6.54 Å². The lowest BCUT2D eigenvalue weighted by Crippen LogP contribution is -2.51. The van der Waals surface area contributed by atoms with Gasteiger partial charge in [0, 0.05) is 24.2 Å². The number of carbonyl (C=O) groups excluding carboxylic acids is 2. The van der Waals surface area contributed by atoms with Crippen molar-refractivity contribution >= 4 is 11.8 Å². The molecular formula is C22H26FN3O2. The summed E-state index contributed by atoms with van der Waals surface area (Å²) in [4.78, 5) is 26.6. The van der Waals surface area contributed by atoms with Gasteiger partial charge in [-0.05, 0) is 50.1 Å². The van der Waals surface area contributed by atoms with E-state index in [0.717, 1.165) is 32.0 Å². The third-order valence-electron chi connectivity index (χ3n) is 5.29. The van der Waals surface area contributed by atoms with E-state index in [-0.39, 0.29) is 23.6 Å². The van der Waals surface area contributed by atoms with Crippen LogP contribution in [0, 0.1) is 5.82 Å². The topological polar surface area (TPSA) is 61.4 Å². The summed E-state index contributed by atoms with van der Waals surface area (Å²) in [5.41, 5.74) is 1.34. The predicted octanol–water partition coefficient (Wildman–Crippen LogP) is 2.73. The minimum absolute atomic E-state index is 0.113. The maximum Gasteiger partial charge on any atom is 0.251 e. The number of carbonyl (C=O) groups is 2. The molecule has 0 unspecified atom stereocenters. The first-order chi connectivity index (χ1) is 13.5. The number of halogens is 1. The van der Waals surface area contributed by atoms with Crippen LogP contribution in [0.25, 0.3) is 0 Å². The van der Waals surface area contributed by atoms with Gasteiger partial charge in [0.25, 0.3) is 5.91 Å². The highest BCUT2D eigenvalue weighted by atomic mass is 19.1. The fourth-order valence-corrected chi connectivity index (χ4v) is 3.60. The monoisotopic (exact) mass is 383 g/mol. The maximum absolute atomic E-state index is 13.2. The highest BCUT2D eigenvalue weighted by Crippen LogP contribution is 2.29. The van der Waals surface area contributed by atoms with E-state index in [1.54, 1.807) is 0 Å². The van der Waals surface area contributed by atoms with Gasteiger partial charge < -0.3 is 10.6 Å². The Hall–Kier alpha value is -2.73. The van der Waals surface area contributed by atoms with E-state index in [1.165, 1.54) is 23.8 Å². The first-order valence-corrected chi connectivity index (χ1v) is 9.56. The molecule has 1 aliphatic heterocycles. The maximum atomic E-state index is 13.2. The molecule has 0 bridgehead atoms. The largest absolute Gasteiger partial charge is 0.353 e. The summed E-state index contributed by atoms with van der Waals surface area (Å²) in [5.74, 6) is -1.20. The molecular weight excluding hydrogens is 357 g/mol. The van der Waals surface area contributed by atoms with Gasteiger partial charge in [-0.15, -0.1) is 0 Å². The van der Waals surface area contributed by atoms with Crippen molar-refractivity contribution < 1.29 is 14.0 Å². The van der Waals surface area contributed by atoms with Crippen LogP contribution < -0.4 is 10.6 Å². The number of nitrogens with zero attached hydrogens (tertiary/aromatic N) is 1. The van der Waals surface area contributed by atoms with Crippen molar-refractivity contribution in [3.8, 4) is 0 Å². The Labute approximate surface area is 164 Å². The molecule has 1 atom stereocenters. The molecule has 28 heavy (non-hydrogen) atoms. The molecule has 1 saturated heterocycles. The molecule has 0 aliphatic carbocycles.